The number of hydrogen-bond acceptors (Lipinski definition) is 7. The Labute approximate surface area is 266 Å². The van der Waals surface area contributed by atoms with Crippen LogP contribution in [0.2, 0.25) is 18.6 Å². The predicted molar refractivity (Wildman–Crippen MR) is 173 cm³/mol. The lowest BCUT2D eigenvalue weighted by molar-refractivity contribution is -0.145. The number of aliphatic hydroxyl groups excluding tert-OH is 1. The fourth-order valence-electron chi connectivity index (χ4n) is 7.16. The minimum absolute atomic E-state index is 0.0203. The van der Waals surface area contributed by atoms with E-state index in [1.807, 2.05) is 25.1 Å². The maximum atomic E-state index is 16.3. The zero-order chi connectivity index (χ0) is 32.5. The molecule has 2 saturated heterocycles. The number of amides is 2. The molecule has 45 heavy (non-hydrogen) atoms. The number of benzene rings is 1. The molecule has 1 aromatic heterocycles. The van der Waals surface area contributed by atoms with Crippen LogP contribution in [0.4, 0.5) is 20.3 Å². The molecule has 244 valence electrons. The van der Waals surface area contributed by atoms with Gasteiger partial charge in [-0.2, -0.15) is 0 Å². The molecule has 12 heteroatoms. The fraction of sp³-hybridized carbons (Fsp3) is 0.576. The van der Waals surface area contributed by atoms with E-state index in [0.29, 0.717) is 56.0 Å². The molecule has 4 atom stereocenters. The van der Waals surface area contributed by atoms with E-state index in [-0.39, 0.29) is 12.5 Å². The van der Waals surface area contributed by atoms with E-state index >= 15 is 4.11 Å². The van der Waals surface area contributed by atoms with Gasteiger partial charge in [-0.05, 0) is 71.3 Å². The van der Waals surface area contributed by atoms with E-state index in [1.165, 1.54) is 11.1 Å². The highest BCUT2D eigenvalue weighted by molar-refractivity contribution is 6.72. The molecule has 10 nitrogen and oxygen atoms in total. The van der Waals surface area contributed by atoms with E-state index in [0.717, 1.165) is 18.5 Å². The lowest BCUT2D eigenvalue weighted by Crippen LogP contribution is -2.45. The number of allylic oxidation sites excluding steroid dienone is 3. The summed E-state index contributed by atoms with van der Waals surface area (Å²) in [5, 5.41) is 17.5. The standard InChI is InChI=1S/C33H46FN5O5Si/c1-22(2)8-7-9-23(3)12-16-39-28-11-10-26(38-17-19-43-32(38)42)20-27(28)33(31(39)41)24(4)30(45(5,6)34)29(44-33)13-15-37-21-25(14-18-40)35-36-37/h8,10-12,20-21,24,29-30,40H,7,9,13-19H2,1-6H3/b23-12+/t24-,29+,30-,33+/m1/s1. The van der Waals surface area contributed by atoms with Crippen LogP contribution >= 0.6 is 0 Å². The third-order valence-electron chi connectivity index (χ3n) is 9.33. The Morgan fingerprint density at radius 1 is 1.22 bits per heavy atom. The molecule has 0 radical (unpaired) electrons. The summed E-state index contributed by atoms with van der Waals surface area (Å²) >= 11 is 0. The summed E-state index contributed by atoms with van der Waals surface area (Å²) in [6.07, 6.45) is 7.79. The number of fused-ring (bicyclic) bond motifs is 2. The van der Waals surface area contributed by atoms with Gasteiger partial charge in [0.15, 0.2) is 5.60 Å². The Morgan fingerprint density at radius 2 is 2.00 bits per heavy atom. The number of carbonyl (C=O) groups is 2. The maximum Gasteiger partial charge on any atom is 0.414 e. The van der Waals surface area contributed by atoms with Crippen LogP contribution in [0.3, 0.4) is 0 Å². The Hall–Kier alpha value is -3.35. The van der Waals surface area contributed by atoms with Gasteiger partial charge >= 0.3 is 6.09 Å². The van der Waals surface area contributed by atoms with Gasteiger partial charge in [-0.15, -0.1) is 5.10 Å². The van der Waals surface area contributed by atoms with Crippen molar-refractivity contribution in [3.05, 3.63) is 59.0 Å². The molecule has 2 amide bonds. The molecular formula is C33H46FN5O5Si. The summed E-state index contributed by atoms with van der Waals surface area (Å²) in [6, 6.07) is 5.59. The normalized spacial score (nSPS) is 25.0. The summed E-state index contributed by atoms with van der Waals surface area (Å²) < 4.78 is 30.0. The molecule has 1 N–H and O–H groups in total. The summed E-state index contributed by atoms with van der Waals surface area (Å²) in [4.78, 5) is 30.5. The molecule has 0 saturated carbocycles. The summed E-state index contributed by atoms with van der Waals surface area (Å²) in [7, 11) is -3.35. The highest BCUT2D eigenvalue weighted by atomic mass is 28.4. The van der Waals surface area contributed by atoms with Gasteiger partial charge < -0.3 is 23.6 Å². The summed E-state index contributed by atoms with van der Waals surface area (Å²) in [5.74, 6) is -0.647. The molecule has 5 rings (SSSR count). The van der Waals surface area contributed by atoms with Gasteiger partial charge in [0, 0.05) is 55.0 Å². The Morgan fingerprint density at radius 3 is 2.67 bits per heavy atom. The zero-order valence-corrected chi connectivity index (χ0v) is 28.3. The first-order chi connectivity index (χ1) is 21.4. The molecule has 3 aliphatic heterocycles. The number of aromatic nitrogens is 3. The van der Waals surface area contributed by atoms with Crippen LogP contribution in [-0.2, 0) is 32.8 Å². The first-order valence-corrected chi connectivity index (χ1v) is 18.9. The first kappa shape index (κ1) is 33.0. The van der Waals surface area contributed by atoms with Crippen molar-refractivity contribution in [1.29, 1.82) is 0 Å². The van der Waals surface area contributed by atoms with Crippen LogP contribution < -0.4 is 9.80 Å². The van der Waals surface area contributed by atoms with Crippen molar-refractivity contribution in [1.82, 2.24) is 15.0 Å². The number of halogens is 1. The minimum atomic E-state index is -3.35. The number of anilines is 2. The van der Waals surface area contributed by atoms with Crippen molar-refractivity contribution in [3.8, 4) is 0 Å². The average Bonchev–Trinajstić information content (AvgIpc) is 3.73. The molecule has 1 spiro atoms. The quantitative estimate of drug-likeness (QED) is 0.181. The van der Waals surface area contributed by atoms with Crippen LogP contribution in [0.15, 0.2) is 47.7 Å². The predicted octanol–water partition coefficient (Wildman–Crippen LogP) is 5.67. The highest BCUT2D eigenvalue weighted by Gasteiger charge is 2.66. The smallest absolute Gasteiger partial charge is 0.414 e. The molecule has 1 aromatic carbocycles. The molecule has 0 bridgehead atoms. The average molecular weight is 640 g/mol. The number of hydrogen-bond donors (Lipinski definition) is 1. The molecule has 3 aliphatic rings. The molecule has 2 fully saturated rings. The lowest BCUT2D eigenvalue weighted by atomic mass is 9.82. The van der Waals surface area contributed by atoms with Crippen molar-refractivity contribution >= 4 is 31.8 Å². The Bertz CT molecular complexity index is 1480. The van der Waals surface area contributed by atoms with E-state index in [4.69, 9.17) is 9.47 Å². The number of cyclic esters (lactones) is 1. The van der Waals surface area contributed by atoms with Gasteiger partial charge in [0.1, 0.15) is 6.61 Å². The number of aliphatic hydroxyl groups is 1. The second kappa shape index (κ2) is 13.2. The number of rotatable bonds is 12. The van der Waals surface area contributed by atoms with Crippen LogP contribution in [0.5, 0.6) is 0 Å². The van der Waals surface area contributed by atoms with Crippen molar-refractivity contribution in [2.45, 2.75) is 90.3 Å². The first-order valence-electron chi connectivity index (χ1n) is 15.9. The van der Waals surface area contributed by atoms with E-state index in [9.17, 15) is 14.7 Å². The third-order valence-corrected chi connectivity index (χ3v) is 11.8. The van der Waals surface area contributed by atoms with Crippen molar-refractivity contribution < 1.29 is 28.3 Å². The summed E-state index contributed by atoms with van der Waals surface area (Å²) in [5.41, 5.74) is 3.30. The molecular weight excluding hydrogens is 593 g/mol. The van der Waals surface area contributed by atoms with Crippen molar-refractivity contribution in [2.75, 3.05) is 36.1 Å². The lowest BCUT2D eigenvalue weighted by Gasteiger charge is -2.31. The van der Waals surface area contributed by atoms with Crippen LogP contribution in [0.1, 0.15) is 58.2 Å². The van der Waals surface area contributed by atoms with Crippen LogP contribution in [-0.4, -0.2) is 72.9 Å². The second-order valence-electron chi connectivity index (χ2n) is 13.3. The maximum absolute atomic E-state index is 16.3. The molecule has 4 heterocycles. The number of aryl methyl sites for hydroxylation is 1. The number of nitrogens with zero attached hydrogens (tertiary/aromatic N) is 5. The zero-order valence-electron chi connectivity index (χ0n) is 27.3. The second-order valence-corrected chi connectivity index (χ2v) is 17.1. The van der Waals surface area contributed by atoms with E-state index < -0.39 is 37.7 Å². The van der Waals surface area contributed by atoms with Gasteiger partial charge in [-0.1, -0.05) is 35.4 Å². The van der Waals surface area contributed by atoms with Gasteiger partial charge in [-0.3, -0.25) is 14.4 Å². The highest BCUT2D eigenvalue weighted by Crippen LogP contribution is 2.60. The largest absolute Gasteiger partial charge is 0.447 e. The van der Waals surface area contributed by atoms with Gasteiger partial charge in [-0.25, -0.2) is 4.79 Å². The van der Waals surface area contributed by atoms with Crippen LogP contribution in [0.25, 0.3) is 0 Å². The molecule has 0 unspecified atom stereocenters. The number of ether oxygens (including phenoxy) is 2. The molecule has 2 aromatic rings. The summed E-state index contributed by atoms with van der Waals surface area (Å²) in [6.45, 7) is 13.0. The Balaban J connectivity index is 1.51. The van der Waals surface area contributed by atoms with E-state index in [2.05, 4.69) is 43.2 Å². The van der Waals surface area contributed by atoms with Crippen molar-refractivity contribution in [2.24, 2.45) is 5.92 Å². The SMILES string of the molecule is CC(C)=CCC/C(C)=C/CN1C(=O)[C@@]2(O[C@@H](CCn3cc(CCO)nn3)[C@H]([Si](C)(C)F)[C@H]2C)c2cc(N3CCOC3=O)ccc21. The topological polar surface area (TPSA) is 110 Å². The van der Waals surface area contributed by atoms with Gasteiger partial charge in [0.25, 0.3) is 5.91 Å². The van der Waals surface area contributed by atoms with E-state index in [1.54, 1.807) is 33.8 Å². The molecule has 0 aliphatic carbocycles. The van der Waals surface area contributed by atoms with Crippen LogP contribution in [0, 0.1) is 5.92 Å². The Kier molecular flexibility index (Phi) is 9.67. The fourth-order valence-corrected chi connectivity index (χ4v) is 9.70. The van der Waals surface area contributed by atoms with Crippen molar-refractivity contribution in [3.63, 3.8) is 0 Å². The van der Waals surface area contributed by atoms with Gasteiger partial charge in [0.05, 0.1) is 24.0 Å². The minimum Gasteiger partial charge on any atom is -0.447 e. The third kappa shape index (κ3) is 6.50. The monoisotopic (exact) mass is 639 g/mol. The van der Waals surface area contributed by atoms with Gasteiger partial charge in [0.2, 0.25) is 8.41 Å². The number of carbonyl (C=O) groups excluding carboxylic acids is 2.